The Kier molecular flexibility index (Phi) is 7.85. The molecule has 0 saturated heterocycles. The van der Waals surface area contributed by atoms with E-state index < -0.39 is 24.4 Å². The van der Waals surface area contributed by atoms with E-state index in [0.717, 1.165) is 12.0 Å². The minimum absolute atomic E-state index is 0.0356. The van der Waals surface area contributed by atoms with Crippen molar-refractivity contribution in [3.8, 4) is 5.75 Å². The van der Waals surface area contributed by atoms with E-state index in [0.29, 0.717) is 5.69 Å². The highest BCUT2D eigenvalue weighted by Gasteiger charge is 2.18. The lowest BCUT2D eigenvalue weighted by atomic mass is 10.1. The van der Waals surface area contributed by atoms with Gasteiger partial charge in [-0.15, -0.1) is 0 Å². The van der Waals surface area contributed by atoms with Crippen molar-refractivity contribution < 1.29 is 23.9 Å². The first-order chi connectivity index (χ1) is 13.8. The summed E-state index contributed by atoms with van der Waals surface area (Å²) in [6, 6.07) is 10.1. The fourth-order valence-electron chi connectivity index (χ4n) is 2.48. The van der Waals surface area contributed by atoms with Gasteiger partial charge in [-0.2, -0.15) is 0 Å². The Balaban J connectivity index is 1.85. The summed E-state index contributed by atoms with van der Waals surface area (Å²) in [5.41, 5.74) is 7.61. The first-order valence-corrected chi connectivity index (χ1v) is 9.18. The summed E-state index contributed by atoms with van der Waals surface area (Å²) in [4.78, 5) is 36.1. The van der Waals surface area contributed by atoms with Crippen LogP contribution >= 0.6 is 11.6 Å². The largest absolute Gasteiger partial charge is 0.496 e. The molecular formula is C20H22ClN3O5. The zero-order valence-electron chi connectivity index (χ0n) is 16.1. The van der Waals surface area contributed by atoms with E-state index in [4.69, 9.17) is 26.8 Å². The Morgan fingerprint density at radius 1 is 1.14 bits per heavy atom. The van der Waals surface area contributed by atoms with E-state index >= 15 is 0 Å². The molecule has 29 heavy (non-hydrogen) atoms. The summed E-state index contributed by atoms with van der Waals surface area (Å²) in [6.07, 6.45) is 0.761. The first kappa shape index (κ1) is 22.0. The van der Waals surface area contributed by atoms with Gasteiger partial charge in [-0.3, -0.25) is 9.59 Å². The van der Waals surface area contributed by atoms with Crippen LogP contribution in [0.2, 0.25) is 5.02 Å². The average Bonchev–Trinajstić information content (AvgIpc) is 2.72. The quantitative estimate of drug-likeness (QED) is 0.446. The lowest BCUT2D eigenvalue weighted by molar-refractivity contribution is -0.126. The number of benzene rings is 2. The lowest BCUT2D eigenvalue weighted by Crippen LogP contribution is -2.35. The third kappa shape index (κ3) is 6.11. The Bertz CT molecular complexity index is 917. The molecular weight excluding hydrogens is 398 g/mol. The molecule has 0 atom stereocenters. The molecule has 0 unspecified atom stereocenters. The first-order valence-electron chi connectivity index (χ1n) is 8.80. The van der Waals surface area contributed by atoms with Gasteiger partial charge in [-0.1, -0.05) is 36.7 Å². The maximum absolute atomic E-state index is 12.2. The third-order valence-corrected chi connectivity index (χ3v) is 4.32. The van der Waals surface area contributed by atoms with Crippen molar-refractivity contribution in [1.29, 1.82) is 0 Å². The summed E-state index contributed by atoms with van der Waals surface area (Å²) < 4.78 is 10.0. The average molecular weight is 420 g/mol. The van der Waals surface area contributed by atoms with Crippen molar-refractivity contribution in [2.75, 3.05) is 31.3 Å². The number of ether oxygens (including phenoxy) is 2. The van der Waals surface area contributed by atoms with Gasteiger partial charge in [0, 0.05) is 11.8 Å². The van der Waals surface area contributed by atoms with Crippen LogP contribution < -0.4 is 21.1 Å². The fraction of sp³-hybridized carbons (Fsp3) is 0.250. The van der Waals surface area contributed by atoms with Gasteiger partial charge in [-0.05, 0) is 24.1 Å². The number of nitrogen functional groups attached to an aromatic ring is 1. The van der Waals surface area contributed by atoms with Gasteiger partial charge in [-0.25, -0.2) is 4.79 Å². The normalized spacial score (nSPS) is 10.2. The van der Waals surface area contributed by atoms with Crippen LogP contribution in [0.25, 0.3) is 0 Å². The Morgan fingerprint density at radius 3 is 2.55 bits per heavy atom. The molecule has 8 nitrogen and oxygen atoms in total. The number of halogens is 1. The van der Waals surface area contributed by atoms with E-state index in [9.17, 15) is 14.4 Å². The van der Waals surface area contributed by atoms with Crippen LogP contribution in [0.3, 0.4) is 0 Å². The molecule has 9 heteroatoms. The summed E-state index contributed by atoms with van der Waals surface area (Å²) in [7, 11) is 1.36. The van der Waals surface area contributed by atoms with Crippen molar-refractivity contribution in [2.24, 2.45) is 0 Å². The van der Waals surface area contributed by atoms with E-state index in [-0.39, 0.29) is 28.6 Å². The van der Waals surface area contributed by atoms with Gasteiger partial charge >= 0.3 is 5.97 Å². The molecule has 0 aliphatic rings. The van der Waals surface area contributed by atoms with E-state index in [1.54, 1.807) is 6.07 Å². The highest BCUT2D eigenvalue weighted by Crippen LogP contribution is 2.29. The van der Waals surface area contributed by atoms with Crippen LogP contribution in [0.1, 0.15) is 22.8 Å². The topological polar surface area (TPSA) is 120 Å². The molecule has 0 saturated carbocycles. The summed E-state index contributed by atoms with van der Waals surface area (Å²) in [6.45, 7) is 1.15. The van der Waals surface area contributed by atoms with Crippen LogP contribution in [0.4, 0.5) is 11.4 Å². The smallest absolute Gasteiger partial charge is 0.342 e. The number of methoxy groups -OCH3 is 1. The summed E-state index contributed by atoms with van der Waals surface area (Å²) >= 11 is 5.91. The number of para-hydroxylation sites is 1. The maximum atomic E-state index is 12.2. The second kappa shape index (κ2) is 10.3. The van der Waals surface area contributed by atoms with Crippen LogP contribution in [-0.4, -0.2) is 38.0 Å². The van der Waals surface area contributed by atoms with Crippen molar-refractivity contribution in [2.45, 2.75) is 13.3 Å². The van der Waals surface area contributed by atoms with E-state index in [1.807, 2.05) is 25.1 Å². The van der Waals surface area contributed by atoms with Crippen LogP contribution in [0.15, 0.2) is 36.4 Å². The second-order valence-corrected chi connectivity index (χ2v) is 6.39. The number of nitrogens with two attached hydrogens (primary N) is 1. The number of hydrogen-bond acceptors (Lipinski definition) is 6. The fourth-order valence-corrected chi connectivity index (χ4v) is 2.64. The number of carbonyl (C=O) groups is 3. The molecule has 154 valence electrons. The molecule has 2 amide bonds. The molecule has 0 aliphatic carbocycles. The van der Waals surface area contributed by atoms with Crippen molar-refractivity contribution in [3.63, 3.8) is 0 Å². The number of aryl methyl sites for hydroxylation is 1. The monoisotopic (exact) mass is 419 g/mol. The van der Waals surface area contributed by atoms with Crippen molar-refractivity contribution in [1.82, 2.24) is 5.32 Å². The van der Waals surface area contributed by atoms with Gasteiger partial charge in [0.15, 0.2) is 6.61 Å². The Morgan fingerprint density at radius 2 is 1.86 bits per heavy atom. The molecule has 0 fully saturated rings. The number of anilines is 2. The molecule has 2 aromatic carbocycles. The predicted octanol–water partition coefficient (Wildman–Crippen LogP) is 2.40. The zero-order valence-corrected chi connectivity index (χ0v) is 16.8. The molecule has 0 heterocycles. The Labute approximate surface area is 173 Å². The van der Waals surface area contributed by atoms with E-state index in [2.05, 4.69) is 10.6 Å². The zero-order chi connectivity index (χ0) is 21.4. The van der Waals surface area contributed by atoms with Gasteiger partial charge < -0.3 is 25.8 Å². The van der Waals surface area contributed by atoms with E-state index in [1.165, 1.54) is 19.2 Å². The molecule has 2 aromatic rings. The second-order valence-electron chi connectivity index (χ2n) is 5.99. The lowest BCUT2D eigenvalue weighted by Gasteiger charge is -2.12. The molecule has 0 aromatic heterocycles. The summed E-state index contributed by atoms with van der Waals surface area (Å²) in [5, 5.41) is 5.28. The van der Waals surface area contributed by atoms with Gasteiger partial charge in [0.2, 0.25) is 5.91 Å². The van der Waals surface area contributed by atoms with Crippen LogP contribution in [0.5, 0.6) is 5.75 Å². The molecule has 0 radical (unpaired) electrons. The van der Waals surface area contributed by atoms with Crippen molar-refractivity contribution >= 4 is 40.8 Å². The van der Waals surface area contributed by atoms with Gasteiger partial charge in [0.05, 0.1) is 24.4 Å². The molecule has 2 rings (SSSR count). The summed E-state index contributed by atoms with van der Waals surface area (Å²) in [5.74, 6) is -1.65. The number of rotatable bonds is 8. The third-order valence-electron chi connectivity index (χ3n) is 3.99. The van der Waals surface area contributed by atoms with Gasteiger partial charge in [0.25, 0.3) is 5.91 Å². The minimum Gasteiger partial charge on any atom is -0.496 e. The SMILES string of the molecule is CCc1ccccc1NC(=O)CNC(=O)COC(=O)c1cc(Cl)c(N)cc1OC. The van der Waals surface area contributed by atoms with Crippen molar-refractivity contribution in [3.05, 3.63) is 52.5 Å². The number of amides is 2. The standard InChI is InChI=1S/C20H22ClN3O5/c1-3-12-6-4-5-7-16(12)24-18(25)10-23-19(26)11-29-20(27)13-8-14(21)15(22)9-17(13)28-2/h4-9H,3,10-11,22H2,1-2H3,(H,23,26)(H,24,25). The number of hydrogen-bond donors (Lipinski definition) is 3. The minimum atomic E-state index is -0.805. The Hall–Kier alpha value is -3.26. The number of nitrogens with one attached hydrogen (secondary N) is 2. The van der Waals surface area contributed by atoms with Gasteiger partial charge in [0.1, 0.15) is 11.3 Å². The van der Waals surface area contributed by atoms with Crippen LogP contribution in [0, 0.1) is 0 Å². The molecule has 0 aliphatic heterocycles. The number of esters is 1. The predicted molar refractivity (Wildman–Crippen MR) is 110 cm³/mol. The molecule has 4 N–H and O–H groups in total. The molecule has 0 spiro atoms. The van der Waals surface area contributed by atoms with Crippen LogP contribution in [-0.2, 0) is 20.7 Å². The highest BCUT2D eigenvalue weighted by atomic mass is 35.5. The highest BCUT2D eigenvalue weighted by molar-refractivity contribution is 6.33. The number of carbonyl (C=O) groups excluding carboxylic acids is 3. The molecule has 0 bridgehead atoms. The maximum Gasteiger partial charge on any atom is 0.342 e.